The fourth-order valence-electron chi connectivity index (χ4n) is 1.67. The smallest absolute Gasteiger partial charge is 0.101 e. The number of hydrogen-bond donors (Lipinski definition) is 1. The lowest BCUT2D eigenvalue weighted by Crippen LogP contribution is -2.36. The Kier molecular flexibility index (Phi) is 1.90. The third kappa shape index (κ3) is 1.05. The summed E-state index contributed by atoms with van der Waals surface area (Å²) in [4.78, 5) is 2.73. The number of hydrogen-bond acceptors (Lipinski definition) is 4. The van der Waals surface area contributed by atoms with Gasteiger partial charge in [0.2, 0.25) is 0 Å². The van der Waals surface area contributed by atoms with Crippen LogP contribution in [0.2, 0.25) is 0 Å². The second-order valence-corrected chi connectivity index (χ2v) is 3.03. The maximum absolute atomic E-state index is 8.23. The summed E-state index contributed by atoms with van der Waals surface area (Å²) in [5.74, 6) is 0. The van der Waals surface area contributed by atoms with E-state index in [4.69, 9.17) is 20.7 Å². The Labute approximate surface area is 69.3 Å². The van der Waals surface area contributed by atoms with Crippen molar-refractivity contribution in [3.05, 3.63) is 10.4 Å². The van der Waals surface area contributed by atoms with Crippen LogP contribution in [-0.4, -0.2) is 37.5 Å². The highest BCUT2D eigenvalue weighted by atomic mass is 16.6. The fraction of sp³-hybridized carbons (Fsp3) is 1.00. The molecule has 2 rings (SSSR count). The number of nitrogens with zero attached hydrogens (tertiary/aromatic N) is 3. The van der Waals surface area contributed by atoms with E-state index >= 15 is 0 Å². The zero-order valence-electron chi connectivity index (χ0n) is 6.46. The molecular weight excluding hydrogens is 160 g/mol. The molecule has 0 saturated carbocycles. The summed E-state index contributed by atoms with van der Waals surface area (Å²) in [7, 11) is 0. The zero-order chi connectivity index (χ0) is 8.55. The molecule has 0 aromatic heterocycles. The Morgan fingerprint density at radius 3 is 2.83 bits per heavy atom. The van der Waals surface area contributed by atoms with Gasteiger partial charge in [-0.05, 0) is 5.53 Å². The number of ether oxygens (including phenoxy) is 2. The van der Waals surface area contributed by atoms with Crippen LogP contribution in [0.4, 0.5) is 0 Å². The monoisotopic (exact) mass is 170 g/mol. The summed E-state index contributed by atoms with van der Waals surface area (Å²) in [5.41, 5.74) is 13.9. The highest BCUT2D eigenvalue weighted by Crippen LogP contribution is 2.27. The van der Waals surface area contributed by atoms with E-state index in [-0.39, 0.29) is 24.3 Å². The molecule has 2 aliphatic rings. The third-order valence-corrected chi connectivity index (χ3v) is 2.27. The maximum atomic E-state index is 8.23. The van der Waals surface area contributed by atoms with Crippen molar-refractivity contribution in [3.63, 3.8) is 0 Å². The predicted octanol–water partition coefficient (Wildman–Crippen LogP) is -0.210. The standard InChI is InChI=1S/C6H10N4O2/c7-3-1-11-6-4(9-10-8)2-12-5(3)6/h3-6H,1-2,7H2. The molecule has 0 spiro atoms. The summed E-state index contributed by atoms with van der Waals surface area (Å²) in [6, 6.07) is -0.276. The second-order valence-electron chi connectivity index (χ2n) is 3.03. The molecule has 0 aromatic carbocycles. The van der Waals surface area contributed by atoms with Crippen LogP contribution in [0.5, 0.6) is 0 Å². The van der Waals surface area contributed by atoms with Crippen molar-refractivity contribution in [2.75, 3.05) is 13.2 Å². The van der Waals surface area contributed by atoms with E-state index < -0.39 is 0 Å². The van der Waals surface area contributed by atoms with Crippen molar-refractivity contribution in [1.82, 2.24) is 0 Å². The molecule has 4 unspecified atom stereocenters. The Bertz CT molecular complexity index is 228. The van der Waals surface area contributed by atoms with Gasteiger partial charge in [0.05, 0.1) is 31.4 Å². The van der Waals surface area contributed by atoms with E-state index in [1.54, 1.807) is 0 Å². The van der Waals surface area contributed by atoms with Gasteiger partial charge >= 0.3 is 0 Å². The fourth-order valence-corrected chi connectivity index (χ4v) is 1.67. The SMILES string of the molecule is [N-]=[N+]=NC1COC2C(N)COC12. The Morgan fingerprint density at radius 2 is 2.08 bits per heavy atom. The molecule has 2 heterocycles. The molecule has 2 saturated heterocycles. The van der Waals surface area contributed by atoms with Crippen LogP contribution in [-0.2, 0) is 9.47 Å². The summed E-state index contributed by atoms with van der Waals surface area (Å²) >= 11 is 0. The van der Waals surface area contributed by atoms with Gasteiger partial charge in [-0.25, -0.2) is 0 Å². The van der Waals surface area contributed by atoms with Gasteiger partial charge in [-0.2, -0.15) is 0 Å². The summed E-state index contributed by atoms with van der Waals surface area (Å²) < 4.78 is 10.7. The highest BCUT2D eigenvalue weighted by molar-refractivity contribution is 4.99. The van der Waals surface area contributed by atoms with Crippen LogP contribution in [0.15, 0.2) is 5.11 Å². The maximum Gasteiger partial charge on any atom is 0.101 e. The Balaban J connectivity index is 2.10. The van der Waals surface area contributed by atoms with Crippen LogP contribution in [0, 0.1) is 0 Å². The molecule has 4 atom stereocenters. The Hall–Kier alpha value is -0.810. The highest BCUT2D eigenvalue weighted by Gasteiger charge is 2.45. The van der Waals surface area contributed by atoms with Gasteiger partial charge in [0.1, 0.15) is 6.10 Å². The van der Waals surface area contributed by atoms with E-state index in [1.807, 2.05) is 0 Å². The number of fused-ring (bicyclic) bond motifs is 1. The lowest BCUT2D eigenvalue weighted by molar-refractivity contribution is 0.0691. The summed E-state index contributed by atoms with van der Waals surface area (Å²) in [5, 5.41) is 3.58. The minimum absolute atomic E-state index is 0.0751. The van der Waals surface area contributed by atoms with Gasteiger partial charge in [0.15, 0.2) is 0 Å². The van der Waals surface area contributed by atoms with Crippen molar-refractivity contribution >= 4 is 0 Å². The van der Waals surface area contributed by atoms with Crippen molar-refractivity contribution in [2.45, 2.75) is 24.3 Å². The van der Waals surface area contributed by atoms with Gasteiger partial charge in [0.25, 0.3) is 0 Å². The molecule has 66 valence electrons. The van der Waals surface area contributed by atoms with Crippen molar-refractivity contribution in [2.24, 2.45) is 10.8 Å². The number of nitrogens with two attached hydrogens (primary N) is 1. The first-order valence-electron chi connectivity index (χ1n) is 3.86. The molecule has 6 heteroatoms. The molecule has 12 heavy (non-hydrogen) atoms. The molecular formula is C6H10N4O2. The van der Waals surface area contributed by atoms with Gasteiger partial charge in [-0.1, -0.05) is 5.11 Å². The van der Waals surface area contributed by atoms with Gasteiger partial charge in [-0.15, -0.1) is 0 Å². The first kappa shape index (κ1) is 7.82. The minimum atomic E-state index is -0.200. The van der Waals surface area contributed by atoms with E-state index in [1.165, 1.54) is 0 Å². The van der Waals surface area contributed by atoms with Gasteiger partial charge < -0.3 is 15.2 Å². The van der Waals surface area contributed by atoms with Crippen LogP contribution >= 0.6 is 0 Å². The quantitative estimate of drug-likeness (QED) is 0.335. The summed E-state index contributed by atoms with van der Waals surface area (Å²) in [6.45, 7) is 0.917. The molecule has 0 amide bonds. The molecule has 2 N–H and O–H groups in total. The minimum Gasteiger partial charge on any atom is -0.373 e. The first-order valence-corrected chi connectivity index (χ1v) is 3.86. The van der Waals surface area contributed by atoms with Gasteiger partial charge in [-0.3, -0.25) is 0 Å². The molecule has 2 aliphatic heterocycles. The average molecular weight is 170 g/mol. The Morgan fingerprint density at radius 1 is 1.33 bits per heavy atom. The molecule has 2 fully saturated rings. The van der Waals surface area contributed by atoms with Crippen LogP contribution in [0.1, 0.15) is 0 Å². The number of azide groups is 1. The predicted molar refractivity (Wildman–Crippen MR) is 40.4 cm³/mol. The van der Waals surface area contributed by atoms with Crippen molar-refractivity contribution in [3.8, 4) is 0 Å². The van der Waals surface area contributed by atoms with Crippen molar-refractivity contribution < 1.29 is 9.47 Å². The lowest BCUT2D eigenvalue weighted by Gasteiger charge is -2.10. The largest absolute Gasteiger partial charge is 0.373 e. The average Bonchev–Trinajstić information content (AvgIpc) is 2.58. The topological polar surface area (TPSA) is 93.2 Å². The molecule has 0 bridgehead atoms. The molecule has 0 aromatic rings. The van der Waals surface area contributed by atoms with Crippen LogP contribution in [0.3, 0.4) is 0 Å². The normalized spacial score (nSPS) is 45.4. The van der Waals surface area contributed by atoms with Crippen LogP contribution < -0.4 is 5.73 Å². The van der Waals surface area contributed by atoms with E-state index in [0.717, 1.165) is 0 Å². The number of rotatable bonds is 1. The van der Waals surface area contributed by atoms with E-state index in [2.05, 4.69) is 10.0 Å². The second kappa shape index (κ2) is 2.91. The first-order chi connectivity index (χ1) is 5.83. The molecule has 0 radical (unpaired) electrons. The van der Waals surface area contributed by atoms with Gasteiger partial charge in [0, 0.05) is 4.91 Å². The third-order valence-electron chi connectivity index (χ3n) is 2.27. The summed E-state index contributed by atoms with van der Waals surface area (Å²) in [6.07, 6.45) is -0.212. The van der Waals surface area contributed by atoms with Crippen molar-refractivity contribution in [1.29, 1.82) is 0 Å². The molecule has 6 nitrogen and oxygen atoms in total. The molecule has 0 aliphatic carbocycles. The van der Waals surface area contributed by atoms with E-state index in [0.29, 0.717) is 13.2 Å². The van der Waals surface area contributed by atoms with E-state index in [9.17, 15) is 0 Å². The lowest BCUT2D eigenvalue weighted by atomic mass is 10.1. The zero-order valence-corrected chi connectivity index (χ0v) is 6.46. The van der Waals surface area contributed by atoms with Crippen LogP contribution in [0.25, 0.3) is 10.4 Å².